The Hall–Kier alpha value is -2.50. The van der Waals surface area contributed by atoms with Crippen molar-refractivity contribution in [3.8, 4) is 11.3 Å². The Morgan fingerprint density at radius 1 is 0.971 bits per heavy atom. The first-order chi connectivity index (χ1) is 17.4. The molecule has 3 heterocycles. The van der Waals surface area contributed by atoms with Gasteiger partial charge < -0.3 is 15.0 Å². The van der Waals surface area contributed by atoms with Crippen LogP contribution in [0, 0.1) is 31.6 Å². The number of ether oxygens (including phenoxy) is 1. The molecule has 1 saturated carbocycles. The van der Waals surface area contributed by atoms with E-state index in [0.29, 0.717) is 31.1 Å². The standard InChI is InChI=1S/C29H36N4O/c1-19-20(2)29(32-31-28(19)24-8-7-22-5-3-4-6-23(22)13-24)30-27-14-25-17-33(18-26(25)15-27)16-21-9-11-34-12-10-21/h3-8,13,21,25-27H,9-12,14-18H2,1-2H3,(H,30,32)/t25-,26+,27?/i16D2. The number of fused-ring (bicyclic) bond motifs is 2. The number of nitrogens with zero attached hydrogens (tertiary/aromatic N) is 3. The molecule has 3 atom stereocenters. The number of anilines is 1. The van der Waals surface area contributed by atoms with Crippen LogP contribution in [0.1, 0.15) is 39.6 Å². The molecule has 2 saturated heterocycles. The summed E-state index contributed by atoms with van der Waals surface area (Å²) in [5, 5.41) is 15.4. The average Bonchev–Trinajstić information content (AvgIpc) is 3.47. The summed E-state index contributed by atoms with van der Waals surface area (Å²) >= 11 is 0. The first-order valence-corrected chi connectivity index (χ1v) is 12.8. The molecule has 0 spiro atoms. The average molecular weight is 459 g/mol. The number of nitrogens with one attached hydrogen (secondary N) is 1. The molecule has 2 aromatic carbocycles. The van der Waals surface area contributed by atoms with Gasteiger partial charge in [-0.25, -0.2) is 0 Å². The fourth-order valence-electron chi connectivity index (χ4n) is 6.15. The number of hydrogen-bond acceptors (Lipinski definition) is 5. The van der Waals surface area contributed by atoms with Crippen LogP contribution in [0.3, 0.4) is 0 Å². The van der Waals surface area contributed by atoms with Gasteiger partial charge in [0, 0.05) is 47.1 Å². The lowest BCUT2D eigenvalue weighted by Crippen LogP contribution is -2.32. The summed E-state index contributed by atoms with van der Waals surface area (Å²) in [4.78, 5) is 2.13. The summed E-state index contributed by atoms with van der Waals surface area (Å²) in [6.45, 7) is 6.15. The normalized spacial score (nSPS) is 26.9. The summed E-state index contributed by atoms with van der Waals surface area (Å²) in [5.74, 6) is 2.06. The number of rotatable bonds is 5. The van der Waals surface area contributed by atoms with Gasteiger partial charge in [0.2, 0.25) is 0 Å². The molecule has 3 aliphatic rings. The van der Waals surface area contributed by atoms with E-state index in [-0.39, 0.29) is 5.92 Å². The Kier molecular flexibility index (Phi) is 5.39. The fourth-order valence-corrected chi connectivity index (χ4v) is 6.15. The van der Waals surface area contributed by atoms with Crippen LogP contribution in [0.2, 0.25) is 0 Å². The molecule has 6 rings (SSSR count). The Bertz CT molecular complexity index is 1250. The first kappa shape index (κ1) is 19.8. The molecule has 1 unspecified atom stereocenters. The van der Waals surface area contributed by atoms with Crippen molar-refractivity contribution in [3.63, 3.8) is 0 Å². The van der Waals surface area contributed by atoms with Crippen LogP contribution in [0.5, 0.6) is 0 Å². The summed E-state index contributed by atoms with van der Waals surface area (Å²) in [5.41, 5.74) is 4.36. The minimum Gasteiger partial charge on any atom is -0.381 e. The van der Waals surface area contributed by atoms with Gasteiger partial charge in [-0.15, -0.1) is 10.2 Å². The Labute approximate surface area is 205 Å². The van der Waals surface area contributed by atoms with Crippen LogP contribution in [0.4, 0.5) is 5.82 Å². The molecule has 2 aliphatic heterocycles. The number of aromatic nitrogens is 2. The maximum atomic E-state index is 8.82. The van der Waals surface area contributed by atoms with Gasteiger partial charge in [0.1, 0.15) is 0 Å². The van der Waals surface area contributed by atoms with E-state index in [1.807, 2.05) is 0 Å². The lowest BCUT2D eigenvalue weighted by atomic mass is 9.99. The van der Waals surface area contributed by atoms with E-state index in [1.165, 1.54) is 10.8 Å². The van der Waals surface area contributed by atoms with Crippen molar-refractivity contribution in [1.82, 2.24) is 15.1 Å². The maximum absolute atomic E-state index is 8.82. The highest BCUT2D eigenvalue weighted by molar-refractivity contribution is 5.87. The molecule has 1 aromatic heterocycles. The third-order valence-electron chi connectivity index (χ3n) is 8.22. The third kappa shape index (κ3) is 4.32. The SMILES string of the molecule is [2H]C([2H])(C1CCOCC1)N1C[C@H]2CC(Nc3nnc(-c4ccc5ccccc5c4)c(C)c3C)C[C@H]2C1. The second kappa shape index (κ2) is 9.27. The van der Waals surface area contributed by atoms with E-state index in [1.54, 1.807) is 0 Å². The molecule has 3 fully saturated rings. The molecule has 0 bridgehead atoms. The van der Waals surface area contributed by atoms with Gasteiger partial charge >= 0.3 is 0 Å². The minimum absolute atomic E-state index is 0.0843. The zero-order valence-corrected chi connectivity index (χ0v) is 20.3. The summed E-state index contributed by atoms with van der Waals surface area (Å²) in [6.07, 6.45) is 3.79. The van der Waals surface area contributed by atoms with Gasteiger partial charge in [0.25, 0.3) is 0 Å². The lowest BCUT2D eigenvalue weighted by Gasteiger charge is -2.28. The van der Waals surface area contributed by atoms with Crippen molar-refractivity contribution in [2.24, 2.45) is 17.8 Å². The van der Waals surface area contributed by atoms with Crippen LogP contribution in [-0.2, 0) is 4.74 Å². The molecule has 34 heavy (non-hydrogen) atoms. The van der Waals surface area contributed by atoms with E-state index in [9.17, 15) is 0 Å². The van der Waals surface area contributed by atoms with Crippen LogP contribution in [-0.4, -0.2) is 53.9 Å². The largest absolute Gasteiger partial charge is 0.381 e. The van der Waals surface area contributed by atoms with Crippen LogP contribution in [0.25, 0.3) is 22.0 Å². The highest BCUT2D eigenvalue weighted by Crippen LogP contribution is 2.40. The van der Waals surface area contributed by atoms with E-state index >= 15 is 0 Å². The van der Waals surface area contributed by atoms with Crippen LogP contribution in [0.15, 0.2) is 42.5 Å². The molecular formula is C29H36N4O. The zero-order chi connectivity index (χ0) is 24.9. The van der Waals surface area contributed by atoms with E-state index in [0.717, 1.165) is 67.0 Å². The van der Waals surface area contributed by atoms with Crippen molar-refractivity contribution in [3.05, 3.63) is 53.6 Å². The Morgan fingerprint density at radius 2 is 1.71 bits per heavy atom. The van der Waals surface area contributed by atoms with Crippen LogP contribution < -0.4 is 5.32 Å². The Morgan fingerprint density at radius 3 is 2.47 bits per heavy atom. The molecule has 0 radical (unpaired) electrons. The predicted molar refractivity (Wildman–Crippen MR) is 138 cm³/mol. The second-order valence-electron chi connectivity index (χ2n) is 10.5. The maximum Gasteiger partial charge on any atom is 0.152 e. The van der Waals surface area contributed by atoms with E-state index in [4.69, 9.17) is 7.48 Å². The molecule has 3 aromatic rings. The smallest absolute Gasteiger partial charge is 0.152 e. The van der Waals surface area contributed by atoms with E-state index in [2.05, 4.69) is 76.7 Å². The summed E-state index contributed by atoms with van der Waals surface area (Å²) < 4.78 is 23.1. The molecule has 5 heteroatoms. The molecule has 5 nitrogen and oxygen atoms in total. The second-order valence-corrected chi connectivity index (χ2v) is 10.5. The van der Waals surface area contributed by atoms with Gasteiger partial charge in [-0.2, -0.15) is 0 Å². The van der Waals surface area contributed by atoms with Crippen molar-refractivity contribution in [1.29, 1.82) is 0 Å². The van der Waals surface area contributed by atoms with Gasteiger partial charge in [-0.3, -0.25) is 0 Å². The monoisotopic (exact) mass is 458 g/mol. The van der Waals surface area contributed by atoms with E-state index < -0.39 is 6.50 Å². The predicted octanol–water partition coefficient (Wildman–Crippen LogP) is 5.46. The van der Waals surface area contributed by atoms with Crippen LogP contribution >= 0.6 is 0 Å². The molecule has 1 aliphatic carbocycles. The number of benzene rings is 2. The summed E-state index contributed by atoms with van der Waals surface area (Å²) in [6, 6.07) is 15.2. The highest BCUT2D eigenvalue weighted by atomic mass is 16.5. The van der Waals surface area contributed by atoms with Crippen molar-refractivity contribution in [2.45, 2.75) is 45.6 Å². The minimum atomic E-state index is -1.23. The van der Waals surface area contributed by atoms with Gasteiger partial charge in [-0.1, -0.05) is 36.4 Å². The number of likely N-dealkylation sites (tertiary alicyclic amines) is 1. The van der Waals surface area contributed by atoms with Crippen molar-refractivity contribution < 1.29 is 7.48 Å². The third-order valence-corrected chi connectivity index (χ3v) is 8.22. The van der Waals surface area contributed by atoms with Gasteiger partial charge in [-0.05, 0) is 85.3 Å². The van der Waals surface area contributed by atoms with Crippen molar-refractivity contribution in [2.75, 3.05) is 38.1 Å². The number of hydrogen-bond donors (Lipinski definition) is 1. The Balaban J connectivity index is 1.12. The molecular weight excluding hydrogens is 420 g/mol. The molecule has 178 valence electrons. The van der Waals surface area contributed by atoms with Gasteiger partial charge in [0.15, 0.2) is 5.82 Å². The molecule has 0 amide bonds. The summed E-state index contributed by atoms with van der Waals surface area (Å²) in [7, 11) is 0. The zero-order valence-electron chi connectivity index (χ0n) is 22.3. The lowest BCUT2D eigenvalue weighted by molar-refractivity contribution is 0.0545. The fraction of sp³-hybridized carbons (Fsp3) is 0.517. The van der Waals surface area contributed by atoms with Crippen molar-refractivity contribution >= 4 is 16.6 Å². The first-order valence-electron chi connectivity index (χ1n) is 13.8. The highest BCUT2D eigenvalue weighted by Gasteiger charge is 2.41. The topological polar surface area (TPSA) is 50.3 Å². The van der Waals surface area contributed by atoms with Gasteiger partial charge in [0.05, 0.1) is 5.69 Å². The molecule has 1 N–H and O–H groups in total. The quantitative estimate of drug-likeness (QED) is 0.550.